The molecule has 110 valence electrons. The van der Waals surface area contributed by atoms with Crippen LogP contribution in [-0.2, 0) is 9.53 Å². The molecular formula is C14H25NO3S. The first-order valence-corrected chi connectivity index (χ1v) is 8.30. The van der Waals surface area contributed by atoms with Crippen LogP contribution in [0.25, 0.3) is 0 Å². The molecule has 1 aliphatic heterocycles. The maximum Gasteiger partial charge on any atom is 0.325 e. The second-order valence-electron chi connectivity index (χ2n) is 5.97. The van der Waals surface area contributed by atoms with Crippen LogP contribution >= 0.6 is 11.8 Å². The Kier molecular flexibility index (Phi) is 5.15. The van der Waals surface area contributed by atoms with Gasteiger partial charge >= 0.3 is 5.97 Å². The zero-order valence-corrected chi connectivity index (χ0v) is 12.7. The number of hydrogen-bond donors (Lipinski definition) is 2. The van der Waals surface area contributed by atoms with Crippen molar-refractivity contribution in [2.45, 2.75) is 56.4 Å². The largest absolute Gasteiger partial charge is 0.480 e. The molecule has 1 saturated carbocycles. The molecule has 1 unspecified atom stereocenters. The molecule has 0 aromatic carbocycles. The van der Waals surface area contributed by atoms with Crippen molar-refractivity contribution in [3.63, 3.8) is 0 Å². The van der Waals surface area contributed by atoms with E-state index in [1.165, 1.54) is 0 Å². The van der Waals surface area contributed by atoms with Crippen LogP contribution in [0, 0.1) is 5.92 Å². The Morgan fingerprint density at radius 2 is 2.00 bits per heavy atom. The Morgan fingerprint density at radius 3 is 2.47 bits per heavy atom. The van der Waals surface area contributed by atoms with Gasteiger partial charge in [-0.1, -0.05) is 0 Å². The van der Waals surface area contributed by atoms with Crippen molar-refractivity contribution in [3.05, 3.63) is 0 Å². The summed E-state index contributed by atoms with van der Waals surface area (Å²) in [5, 5.41) is 13.6. The lowest BCUT2D eigenvalue weighted by atomic mass is 9.94. The van der Waals surface area contributed by atoms with E-state index in [4.69, 9.17) is 4.74 Å². The fraction of sp³-hybridized carbons (Fsp3) is 0.929. The molecule has 1 heterocycles. The smallest absolute Gasteiger partial charge is 0.325 e. The zero-order chi connectivity index (χ0) is 13.9. The highest BCUT2D eigenvalue weighted by atomic mass is 32.2. The molecule has 0 radical (unpaired) electrons. The molecule has 0 bridgehead atoms. The number of nitrogens with one attached hydrogen (secondary N) is 1. The van der Waals surface area contributed by atoms with Crippen LogP contribution in [0.5, 0.6) is 0 Å². The van der Waals surface area contributed by atoms with Crippen LogP contribution in [0.3, 0.4) is 0 Å². The van der Waals surface area contributed by atoms with Crippen LogP contribution in [0.1, 0.15) is 39.5 Å². The maximum absolute atomic E-state index is 11.8. The van der Waals surface area contributed by atoms with Gasteiger partial charge in [0.2, 0.25) is 0 Å². The zero-order valence-electron chi connectivity index (χ0n) is 11.9. The Bertz CT molecular complexity index is 314. The minimum atomic E-state index is -0.725. The Balaban J connectivity index is 1.97. The van der Waals surface area contributed by atoms with E-state index in [0.717, 1.165) is 38.9 Å². The Morgan fingerprint density at radius 1 is 1.37 bits per heavy atom. The lowest BCUT2D eigenvalue weighted by Gasteiger charge is -2.34. The second-order valence-corrected chi connectivity index (χ2v) is 7.26. The number of aliphatic carboxylic acids is 1. The van der Waals surface area contributed by atoms with Crippen molar-refractivity contribution >= 4 is 17.7 Å². The van der Waals surface area contributed by atoms with Crippen molar-refractivity contribution in [1.82, 2.24) is 5.32 Å². The highest BCUT2D eigenvalue weighted by Gasteiger charge is 2.51. The summed E-state index contributed by atoms with van der Waals surface area (Å²) in [5.41, 5.74) is -0.725. The Hall–Kier alpha value is -0.260. The first-order chi connectivity index (χ1) is 9.04. The van der Waals surface area contributed by atoms with E-state index >= 15 is 0 Å². The lowest BCUT2D eigenvalue weighted by molar-refractivity contribution is -0.145. The summed E-state index contributed by atoms with van der Waals surface area (Å²) in [7, 11) is 0. The topological polar surface area (TPSA) is 58.6 Å². The van der Waals surface area contributed by atoms with Gasteiger partial charge < -0.3 is 9.84 Å². The van der Waals surface area contributed by atoms with E-state index in [9.17, 15) is 9.90 Å². The van der Waals surface area contributed by atoms with Crippen LogP contribution in [0.4, 0.5) is 0 Å². The average molecular weight is 287 g/mol. The van der Waals surface area contributed by atoms with Crippen molar-refractivity contribution in [2.75, 3.05) is 19.0 Å². The van der Waals surface area contributed by atoms with Gasteiger partial charge in [0.15, 0.2) is 0 Å². The number of carboxylic acids is 1. The quantitative estimate of drug-likeness (QED) is 0.751. The second kappa shape index (κ2) is 6.46. The van der Waals surface area contributed by atoms with E-state index in [1.54, 1.807) is 0 Å². The molecule has 19 heavy (non-hydrogen) atoms. The number of thioether (sulfide) groups is 1. The predicted octanol–water partition coefficient (Wildman–Crippen LogP) is 2.13. The molecule has 2 aliphatic rings. The van der Waals surface area contributed by atoms with Crippen LogP contribution in [0.15, 0.2) is 0 Å². The van der Waals surface area contributed by atoms with Gasteiger partial charge in [-0.25, -0.2) is 0 Å². The first kappa shape index (κ1) is 15.1. The number of ether oxygens (including phenoxy) is 1. The molecule has 1 atom stereocenters. The standard InChI is InChI=1S/C14H25NO3S/c1-10(2)15-14(13(16)17,11-3-4-11)9-19-12-5-7-18-8-6-12/h10-12,15H,3-9H2,1-2H3,(H,16,17). The van der Waals surface area contributed by atoms with Gasteiger partial charge in [0.1, 0.15) is 5.54 Å². The van der Waals surface area contributed by atoms with Gasteiger partial charge in [0.25, 0.3) is 0 Å². The molecule has 1 saturated heterocycles. The normalized spacial score (nSPS) is 24.4. The van der Waals surface area contributed by atoms with E-state index in [1.807, 2.05) is 25.6 Å². The SMILES string of the molecule is CC(C)NC(CSC1CCOCC1)(C(=O)O)C1CC1. The predicted molar refractivity (Wildman–Crippen MR) is 77.7 cm³/mol. The molecule has 2 rings (SSSR count). The molecule has 0 aromatic rings. The summed E-state index contributed by atoms with van der Waals surface area (Å²) in [5.74, 6) is 0.304. The minimum absolute atomic E-state index is 0.201. The molecule has 2 N–H and O–H groups in total. The number of carboxylic acid groups (broad SMARTS) is 1. The van der Waals surface area contributed by atoms with Crippen LogP contribution in [-0.4, -0.2) is 46.9 Å². The molecule has 0 spiro atoms. The van der Waals surface area contributed by atoms with Crippen LogP contribution in [0.2, 0.25) is 0 Å². The van der Waals surface area contributed by atoms with E-state index in [0.29, 0.717) is 16.9 Å². The summed E-state index contributed by atoms with van der Waals surface area (Å²) in [6.45, 7) is 5.69. The number of rotatable bonds is 7. The minimum Gasteiger partial charge on any atom is -0.480 e. The third kappa shape index (κ3) is 3.86. The van der Waals surface area contributed by atoms with E-state index in [2.05, 4.69) is 5.32 Å². The summed E-state index contributed by atoms with van der Waals surface area (Å²) in [4.78, 5) is 11.8. The fourth-order valence-electron chi connectivity index (χ4n) is 2.76. The third-order valence-electron chi connectivity index (χ3n) is 3.92. The van der Waals surface area contributed by atoms with E-state index in [-0.39, 0.29) is 6.04 Å². The summed E-state index contributed by atoms with van der Waals surface area (Å²) in [6.07, 6.45) is 4.18. The highest BCUT2D eigenvalue weighted by Crippen LogP contribution is 2.43. The summed E-state index contributed by atoms with van der Waals surface area (Å²) in [6, 6.07) is 0.201. The summed E-state index contributed by atoms with van der Waals surface area (Å²) >= 11 is 1.82. The fourth-order valence-corrected chi connectivity index (χ4v) is 4.23. The summed E-state index contributed by atoms with van der Waals surface area (Å²) < 4.78 is 5.36. The number of carbonyl (C=O) groups is 1. The molecule has 0 aromatic heterocycles. The maximum atomic E-state index is 11.8. The molecule has 1 aliphatic carbocycles. The van der Waals surface area contributed by atoms with Gasteiger partial charge in [-0.15, -0.1) is 0 Å². The molecule has 5 heteroatoms. The van der Waals surface area contributed by atoms with Gasteiger partial charge in [0.05, 0.1) is 0 Å². The van der Waals surface area contributed by atoms with Crippen molar-refractivity contribution in [1.29, 1.82) is 0 Å². The van der Waals surface area contributed by atoms with Crippen molar-refractivity contribution in [2.24, 2.45) is 5.92 Å². The molecule has 2 fully saturated rings. The highest BCUT2D eigenvalue weighted by molar-refractivity contribution is 8.00. The average Bonchev–Trinajstić information content (AvgIpc) is 3.19. The van der Waals surface area contributed by atoms with E-state index < -0.39 is 11.5 Å². The number of hydrogen-bond acceptors (Lipinski definition) is 4. The van der Waals surface area contributed by atoms with Crippen molar-refractivity contribution in [3.8, 4) is 0 Å². The molecular weight excluding hydrogens is 262 g/mol. The Labute approximate surface area is 119 Å². The van der Waals surface area contributed by atoms with Gasteiger partial charge in [-0.2, -0.15) is 11.8 Å². The molecule has 0 amide bonds. The van der Waals surface area contributed by atoms with Crippen LogP contribution < -0.4 is 5.32 Å². The van der Waals surface area contributed by atoms with Gasteiger partial charge in [0, 0.05) is 30.3 Å². The third-order valence-corrected chi connectivity index (χ3v) is 5.48. The molecule has 4 nitrogen and oxygen atoms in total. The van der Waals surface area contributed by atoms with Gasteiger partial charge in [-0.05, 0) is 45.4 Å². The first-order valence-electron chi connectivity index (χ1n) is 7.25. The lowest BCUT2D eigenvalue weighted by Crippen LogP contribution is -2.58. The van der Waals surface area contributed by atoms with Crippen molar-refractivity contribution < 1.29 is 14.6 Å². The monoisotopic (exact) mass is 287 g/mol. The van der Waals surface area contributed by atoms with Gasteiger partial charge in [-0.3, -0.25) is 10.1 Å².